The molecule has 6 nitrogen and oxygen atoms in total. The van der Waals surface area contributed by atoms with E-state index in [0.29, 0.717) is 18.7 Å². The van der Waals surface area contributed by atoms with Gasteiger partial charge in [-0.05, 0) is 75.9 Å². The van der Waals surface area contributed by atoms with Crippen molar-refractivity contribution in [1.29, 1.82) is 0 Å². The fourth-order valence-corrected chi connectivity index (χ4v) is 7.02. The smallest absolute Gasteiger partial charge is 0.143 e. The fraction of sp³-hybridized carbons (Fsp3) is 0.421. The molecule has 3 aliphatic rings. The van der Waals surface area contributed by atoms with E-state index in [4.69, 9.17) is 9.47 Å². The molecule has 0 aliphatic carbocycles. The number of hydrogen-bond donors (Lipinski definition) is 1. The largest absolute Gasteiger partial charge is 0.492 e. The van der Waals surface area contributed by atoms with Crippen molar-refractivity contribution >= 4 is 16.6 Å². The third-order valence-electron chi connectivity index (χ3n) is 9.20. The number of fused-ring (bicyclic) bond motifs is 4. The second-order valence-electron chi connectivity index (χ2n) is 12.9. The highest BCUT2D eigenvalue weighted by Crippen LogP contribution is 2.34. The monoisotopic (exact) mass is 610 g/mol. The van der Waals surface area contributed by atoms with Crippen LogP contribution in [0.3, 0.4) is 0 Å². The van der Waals surface area contributed by atoms with Crippen LogP contribution in [-0.4, -0.2) is 65.3 Å². The van der Waals surface area contributed by atoms with Gasteiger partial charge in [0.1, 0.15) is 23.9 Å². The molecule has 3 aliphatic heterocycles. The Balaban J connectivity index is 1.08. The summed E-state index contributed by atoms with van der Waals surface area (Å²) in [4.78, 5) is 5.29. The maximum absolute atomic E-state index is 13.2. The van der Waals surface area contributed by atoms with Crippen molar-refractivity contribution in [3.63, 3.8) is 0 Å². The molecule has 3 saturated heterocycles. The van der Waals surface area contributed by atoms with E-state index >= 15 is 0 Å². The van der Waals surface area contributed by atoms with Crippen LogP contribution >= 0.6 is 0 Å². The lowest BCUT2D eigenvalue weighted by Gasteiger charge is -2.51. The average Bonchev–Trinajstić information content (AvgIpc) is 3.41. The van der Waals surface area contributed by atoms with Gasteiger partial charge in [-0.1, -0.05) is 48.5 Å². The van der Waals surface area contributed by atoms with Gasteiger partial charge in [-0.3, -0.25) is 9.80 Å². The molecule has 2 unspecified atom stereocenters. The molecule has 1 N–H and O–H groups in total. The van der Waals surface area contributed by atoms with Crippen LogP contribution in [0.1, 0.15) is 49.8 Å². The topological polar surface area (TPSA) is 41.9 Å². The summed E-state index contributed by atoms with van der Waals surface area (Å²) in [5.74, 6) is 1.42. The summed E-state index contributed by atoms with van der Waals surface area (Å²) < 4.78 is 27.8. The van der Waals surface area contributed by atoms with E-state index in [1.807, 2.05) is 0 Å². The zero-order valence-electron chi connectivity index (χ0n) is 27.0. The summed E-state index contributed by atoms with van der Waals surface area (Å²) in [6.45, 7) is 17.2. The van der Waals surface area contributed by atoms with Gasteiger partial charge in [-0.2, -0.15) is 0 Å². The lowest BCUT2D eigenvalue weighted by atomic mass is 9.90. The number of piperazine rings is 1. The molecule has 0 spiro atoms. The van der Waals surface area contributed by atoms with Crippen LogP contribution in [0.15, 0.2) is 79.5 Å². The first kappa shape index (κ1) is 31.2. The van der Waals surface area contributed by atoms with Gasteiger partial charge in [0.05, 0.1) is 11.6 Å². The van der Waals surface area contributed by atoms with E-state index in [1.165, 1.54) is 41.5 Å². The molecule has 2 atom stereocenters. The minimum absolute atomic E-state index is 0.0954. The molecule has 0 saturated carbocycles. The molecule has 238 valence electrons. The Hall–Kier alpha value is -3.81. The number of aromatic nitrogens is 1. The molecule has 7 rings (SSSR count). The lowest BCUT2D eigenvalue weighted by Crippen LogP contribution is -2.63. The predicted molar refractivity (Wildman–Crippen MR) is 181 cm³/mol. The SMILES string of the molecule is C=C(NCc1cccc(C)c1)c1cn(CCCN2CC3CCC2CN3CCOc2ccc(F)cc2)c2c(OC(C)C)cccc12. The molecule has 4 heterocycles. The van der Waals surface area contributed by atoms with Crippen LogP contribution in [0.25, 0.3) is 16.6 Å². The van der Waals surface area contributed by atoms with E-state index in [2.05, 4.69) is 95.7 Å². The van der Waals surface area contributed by atoms with Crippen molar-refractivity contribution in [3.8, 4) is 11.5 Å². The maximum atomic E-state index is 13.2. The van der Waals surface area contributed by atoms with Crippen LogP contribution < -0.4 is 14.8 Å². The predicted octanol–water partition coefficient (Wildman–Crippen LogP) is 7.25. The standard InChI is InChI=1S/C38H47FN4O2/c1-27(2)45-37-11-6-10-35-36(29(4)40-23-30-9-5-8-28(3)22-30)26-43(38(35)37)19-7-18-41-24-33-15-14-32(41)25-42(33)20-21-44-34-16-12-31(39)13-17-34/h5-6,8-13,16-17,22,26-27,32-33,40H,4,7,14-15,18-21,23-25H2,1-3H3. The number of benzene rings is 3. The van der Waals surface area contributed by atoms with Gasteiger partial charge in [0, 0.05) is 74.2 Å². The number of halogens is 1. The van der Waals surface area contributed by atoms with Crippen molar-refractivity contribution < 1.29 is 13.9 Å². The number of rotatable bonds is 14. The summed E-state index contributed by atoms with van der Waals surface area (Å²) in [7, 11) is 0. The highest BCUT2D eigenvalue weighted by atomic mass is 19.1. The summed E-state index contributed by atoms with van der Waals surface area (Å²) in [6, 6.07) is 22.4. The quantitative estimate of drug-likeness (QED) is 0.163. The van der Waals surface area contributed by atoms with Crippen LogP contribution in [0.2, 0.25) is 0 Å². The van der Waals surface area contributed by atoms with E-state index in [-0.39, 0.29) is 11.9 Å². The second-order valence-corrected chi connectivity index (χ2v) is 12.9. The van der Waals surface area contributed by atoms with Crippen molar-refractivity contribution in [2.45, 2.75) is 71.3 Å². The number of para-hydroxylation sites is 1. The van der Waals surface area contributed by atoms with Crippen LogP contribution in [0.5, 0.6) is 11.5 Å². The molecule has 2 bridgehead atoms. The first-order valence-corrected chi connectivity index (χ1v) is 16.5. The lowest BCUT2D eigenvalue weighted by molar-refractivity contribution is -0.0259. The van der Waals surface area contributed by atoms with Crippen LogP contribution in [0, 0.1) is 12.7 Å². The van der Waals surface area contributed by atoms with Crippen molar-refractivity contribution in [1.82, 2.24) is 19.7 Å². The molecule has 3 fully saturated rings. The molecule has 7 heteroatoms. The van der Waals surface area contributed by atoms with E-state index in [0.717, 1.165) is 74.0 Å². The number of ether oxygens (including phenoxy) is 2. The normalized spacial score (nSPS) is 18.5. The maximum Gasteiger partial charge on any atom is 0.143 e. The van der Waals surface area contributed by atoms with E-state index in [9.17, 15) is 4.39 Å². The molecular formula is C38H47FN4O2. The van der Waals surface area contributed by atoms with Gasteiger partial charge in [-0.25, -0.2) is 4.39 Å². The number of hydrogen-bond acceptors (Lipinski definition) is 5. The first-order chi connectivity index (χ1) is 21.8. The summed E-state index contributed by atoms with van der Waals surface area (Å²) in [5, 5.41) is 4.75. The van der Waals surface area contributed by atoms with E-state index in [1.54, 1.807) is 12.1 Å². The van der Waals surface area contributed by atoms with Gasteiger partial charge in [0.2, 0.25) is 0 Å². The Morgan fingerprint density at radius 3 is 2.40 bits per heavy atom. The number of piperidine rings is 2. The zero-order chi connectivity index (χ0) is 31.3. The van der Waals surface area contributed by atoms with Gasteiger partial charge in [0.25, 0.3) is 0 Å². The van der Waals surface area contributed by atoms with Crippen molar-refractivity contribution in [3.05, 3.63) is 102 Å². The first-order valence-electron chi connectivity index (χ1n) is 16.5. The fourth-order valence-electron chi connectivity index (χ4n) is 7.02. The Bertz CT molecular complexity index is 1600. The second kappa shape index (κ2) is 14.1. The van der Waals surface area contributed by atoms with Gasteiger partial charge in [0.15, 0.2) is 0 Å². The number of nitrogens with zero attached hydrogens (tertiary/aromatic N) is 3. The minimum Gasteiger partial charge on any atom is -0.492 e. The van der Waals surface area contributed by atoms with Gasteiger partial charge < -0.3 is 19.4 Å². The average molecular weight is 611 g/mol. The summed E-state index contributed by atoms with van der Waals surface area (Å²) >= 11 is 0. The van der Waals surface area contributed by atoms with Crippen molar-refractivity contribution in [2.75, 3.05) is 32.8 Å². The molecule has 0 radical (unpaired) electrons. The van der Waals surface area contributed by atoms with Gasteiger partial charge in [-0.15, -0.1) is 0 Å². The highest BCUT2D eigenvalue weighted by Gasteiger charge is 2.38. The zero-order valence-corrected chi connectivity index (χ0v) is 27.0. The Labute approximate surface area is 267 Å². The minimum atomic E-state index is -0.234. The van der Waals surface area contributed by atoms with E-state index < -0.39 is 0 Å². The molecule has 45 heavy (non-hydrogen) atoms. The Morgan fingerprint density at radius 1 is 0.956 bits per heavy atom. The number of nitrogens with one attached hydrogen (secondary N) is 1. The molecule has 3 aromatic carbocycles. The Morgan fingerprint density at radius 2 is 1.69 bits per heavy atom. The molecule has 0 amide bonds. The summed E-state index contributed by atoms with van der Waals surface area (Å²) in [6.07, 6.45) is 5.93. The molecule has 1 aromatic heterocycles. The Kier molecular flexibility index (Phi) is 9.76. The van der Waals surface area contributed by atoms with Crippen molar-refractivity contribution in [2.24, 2.45) is 0 Å². The molecular weight excluding hydrogens is 563 g/mol. The third-order valence-corrected chi connectivity index (χ3v) is 9.20. The van der Waals surface area contributed by atoms with Crippen LogP contribution in [-0.2, 0) is 13.1 Å². The molecule has 4 aromatic rings. The van der Waals surface area contributed by atoms with Crippen LogP contribution in [0.4, 0.5) is 4.39 Å². The highest BCUT2D eigenvalue weighted by molar-refractivity contribution is 5.95. The summed E-state index contributed by atoms with van der Waals surface area (Å²) in [5.41, 5.74) is 5.71. The number of aryl methyl sites for hydroxylation is 2. The van der Waals surface area contributed by atoms with Gasteiger partial charge >= 0.3 is 0 Å². The third kappa shape index (κ3) is 7.54.